The lowest BCUT2D eigenvalue weighted by atomic mass is 9.92. The van der Waals surface area contributed by atoms with Crippen LogP contribution in [0.5, 0.6) is 0 Å². The van der Waals surface area contributed by atoms with E-state index in [9.17, 15) is 18.8 Å². The summed E-state index contributed by atoms with van der Waals surface area (Å²) in [5, 5.41) is 5.57. The van der Waals surface area contributed by atoms with Gasteiger partial charge in [-0.3, -0.25) is 14.4 Å². The summed E-state index contributed by atoms with van der Waals surface area (Å²) in [4.78, 5) is 45.1. The van der Waals surface area contributed by atoms with Gasteiger partial charge in [0.15, 0.2) is 5.16 Å². The summed E-state index contributed by atoms with van der Waals surface area (Å²) in [6.45, 7) is 3.72. The predicted molar refractivity (Wildman–Crippen MR) is 121 cm³/mol. The summed E-state index contributed by atoms with van der Waals surface area (Å²) in [6, 6.07) is 12.0. The average Bonchev–Trinajstić information content (AvgIpc) is 2.74. The quantitative estimate of drug-likeness (QED) is 0.403. The zero-order valence-electron chi connectivity index (χ0n) is 17.5. The first-order chi connectivity index (χ1) is 15.3. The van der Waals surface area contributed by atoms with Crippen LogP contribution in [0.2, 0.25) is 0 Å². The highest BCUT2D eigenvalue weighted by Crippen LogP contribution is 2.31. The van der Waals surface area contributed by atoms with Crippen LogP contribution in [-0.4, -0.2) is 21.8 Å². The van der Waals surface area contributed by atoms with Gasteiger partial charge in [-0.25, -0.2) is 9.37 Å². The number of halogens is 1. The molecule has 0 fully saturated rings. The van der Waals surface area contributed by atoms with E-state index in [1.807, 2.05) is 31.2 Å². The number of hydrogen-bond donors (Lipinski definition) is 3. The van der Waals surface area contributed by atoms with Gasteiger partial charge in [-0.1, -0.05) is 47.7 Å². The van der Waals surface area contributed by atoms with E-state index < -0.39 is 29.1 Å². The van der Waals surface area contributed by atoms with Crippen molar-refractivity contribution in [2.75, 3.05) is 10.6 Å². The number of anilines is 2. The number of amides is 2. The Morgan fingerprint density at radius 2 is 2.03 bits per heavy atom. The number of fused-ring (bicyclic) bond motifs is 1. The molecule has 0 saturated heterocycles. The first-order valence-electron chi connectivity index (χ1n) is 9.99. The number of nitrogens with zero attached hydrogens (tertiary/aromatic N) is 1. The number of carbonyl (C=O) groups is 2. The normalized spacial score (nSPS) is 15.1. The van der Waals surface area contributed by atoms with Gasteiger partial charge in [-0.15, -0.1) is 0 Å². The Kier molecular flexibility index (Phi) is 6.09. The molecule has 0 saturated carbocycles. The Bertz CT molecular complexity index is 1270. The number of aryl methyl sites for hydroxylation is 2. The molecule has 0 bridgehead atoms. The van der Waals surface area contributed by atoms with Crippen molar-refractivity contribution in [3.8, 4) is 0 Å². The second-order valence-electron chi connectivity index (χ2n) is 7.66. The lowest BCUT2D eigenvalue weighted by molar-refractivity contribution is -0.123. The third kappa shape index (κ3) is 4.72. The molecule has 1 aromatic heterocycles. The van der Waals surface area contributed by atoms with E-state index in [0.717, 1.165) is 11.1 Å². The Balaban J connectivity index is 1.59. The minimum Gasteiger partial charge on any atom is -0.325 e. The number of carbonyl (C=O) groups excluding carboxylic acids is 2. The highest BCUT2D eigenvalue weighted by Gasteiger charge is 2.35. The first kappa shape index (κ1) is 21.8. The van der Waals surface area contributed by atoms with Crippen molar-refractivity contribution in [1.82, 2.24) is 9.97 Å². The Morgan fingerprint density at radius 1 is 1.22 bits per heavy atom. The molecular weight excluding hydrogens is 431 g/mol. The Hall–Kier alpha value is -3.46. The fourth-order valence-electron chi connectivity index (χ4n) is 3.55. The molecule has 4 rings (SSSR count). The molecule has 3 N–H and O–H groups in total. The zero-order chi connectivity index (χ0) is 22.8. The molecule has 1 aliphatic rings. The molecule has 0 aliphatic carbocycles. The molecule has 7 nitrogen and oxygen atoms in total. The van der Waals surface area contributed by atoms with Gasteiger partial charge in [0, 0.05) is 17.9 Å². The summed E-state index contributed by atoms with van der Waals surface area (Å²) in [5.74, 6) is -1.85. The Labute approximate surface area is 187 Å². The lowest BCUT2D eigenvalue weighted by Crippen LogP contribution is -2.36. The van der Waals surface area contributed by atoms with Crippen molar-refractivity contribution < 1.29 is 14.0 Å². The SMILES string of the molecule is Cc1cccc(CSc2nc3c(c(=O)[nH]2)[C@H](C(=O)Nc2cc(F)ccc2C)CC(=O)N3)c1. The summed E-state index contributed by atoms with van der Waals surface area (Å²) < 4.78 is 13.6. The fourth-order valence-corrected chi connectivity index (χ4v) is 4.35. The number of hydrogen-bond acceptors (Lipinski definition) is 5. The van der Waals surface area contributed by atoms with Gasteiger partial charge in [0.05, 0.1) is 11.5 Å². The summed E-state index contributed by atoms with van der Waals surface area (Å²) in [7, 11) is 0. The van der Waals surface area contributed by atoms with Crippen molar-refractivity contribution in [2.45, 2.75) is 37.1 Å². The molecule has 2 aromatic carbocycles. The maximum Gasteiger partial charge on any atom is 0.257 e. The average molecular weight is 453 g/mol. The summed E-state index contributed by atoms with van der Waals surface area (Å²) >= 11 is 1.33. The van der Waals surface area contributed by atoms with Crippen LogP contribution in [0.15, 0.2) is 52.4 Å². The highest BCUT2D eigenvalue weighted by atomic mass is 32.2. The Morgan fingerprint density at radius 3 is 2.81 bits per heavy atom. The molecule has 3 aromatic rings. The van der Waals surface area contributed by atoms with Crippen LogP contribution in [0.1, 0.15) is 34.6 Å². The van der Waals surface area contributed by atoms with Gasteiger partial charge >= 0.3 is 0 Å². The number of rotatable bonds is 5. The van der Waals surface area contributed by atoms with Crippen molar-refractivity contribution in [3.63, 3.8) is 0 Å². The van der Waals surface area contributed by atoms with Crippen LogP contribution in [0.25, 0.3) is 0 Å². The number of aromatic nitrogens is 2. The van der Waals surface area contributed by atoms with Crippen molar-refractivity contribution in [3.05, 3.63) is 80.9 Å². The number of H-pyrrole nitrogens is 1. The molecule has 2 amide bonds. The number of thioether (sulfide) groups is 1. The van der Waals surface area contributed by atoms with Crippen LogP contribution in [0, 0.1) is 19.7 Å². The number of nitrogens with one attached hydrogen (secondary N) is 3. The van der Waals surface area contributed by atoms with Gasteiger partial charge in [-0.2, -0.15) is 0 Å². The van der Waals surface area contributed by atoms with E-state index in [2.05, 4.69) is 20.6 Å². The molecule has 0 unspecified atom stereocenters. The van der Waals surface area contributed by atoms with Crippen molar-refractivity contribution in [2.24, 2.45) is 0 Å². The number of benzene rings is 2. The van der Waals surface area contributed by atoms with Gasteiger partial charge < -0.3 is 15.6 Å². The van der Waals surface area contributed by atoms with E-state index in [4.69, 9.17) is 0 Å². The molecule has 9 heteroatoms. The summed E-state index contributed by atoms with van der Waals surface area (Å²) in [5.41, 5.74) is 2.76. The van der Waals surface area contributed by atoms with Crippen LogP contribution < -0.4 is 16.2 Å². The van der Waals surface area contributed by atoms with Crippen LogP contribution in [0.3, 0.4) is 0 Å². The molecule has 1 atom stereocenters. The smallest absolute Gasteiger partial charge is 0.257 e. The van der Waals surface area contributed by atoms with Crippen molar-refractivity contribution >= 4 is 35.1 Å². The van der Waals surface area contributed by atoms with Gasteiger partial charge in [-0.05, 0) is 37.1 Å². The largest absolute Gasteiger partial charge is 0.325 e. The standard InChI is InChI=1S/C23H21FN4O3S/c1-12-4-3-5-14(8-12)11-32-23-27-20-19(22(31)28-23)16(10-18(29)26-20)21(30)25-17-9-15(24)7-6-13(17)2/h3-9,16H,10-11H2,1-2H3,(H,25,30)(H2,26,27,28,29,31)/t16-/m1/s1. The monoisotopic (exact) mass is 452 g/mol. The minimum atomic E-state index is -1.03. The molecule has 0 spiro atoms. The van der Waals surface area contributed by atoms with E-state index in [1.54, 1.807) is 13.0 Å². The number of aromatic amines is 1. The molecule has 1 aliphatic heterocycles. The zero-order valence-corrected chi connectivity index (χ0v) is 18.3. The second kappa shape index (κ2) is 8.96. The van der Waals surface area contributed by atoms with Crippen LogP contribution in [0.4, 0.5) is 15.9 Å². The third-order valence-electron chi connectivity index (χ3n) is 5.16. The maximum absolute atomic E-state index is 13.6. The van der Waals surface area contributed by atoms with Gasteiger partial charge in [0.1, 0.15) is 11.6 Å². The second-order valence-corrected chi connectivity index (χ2v) is 8.63. The van der Waals surface area contributed by atoms with Gasteiger partial charge in [0.25, 0.3) is 5.56 Å². The van der Waals surface area contributed by atoms with E-state index >= 15 is 0 Å². The lowest BCUT2D eigenvalue weighted by Gasteiger charge is -2.23. The van der Waals surface area contributed by atoms with Crippen LogP contribution in [-0.2, 0) is 15.3 Å². The molecule has 164 valence electrons. The minimum absolute atomic E-state index is 0.0767. The third-order valence-corrected chi connectivity index (χ3v) is 6.11. The predicted octanol–water partition coefficient (Wildman–Crippen LogP) is 3.88. The highest BCUT2D eigenvalue weighted by molar-refractivity contribution is 7.98. The van der Waals surface area contributed by atoms with E-state index in [-0.39, 0.29) is 23.5 Å². The first-order valence-corrected chi connectivity index (χ1v) is 11.0. The molecular formula is C23H21FN4O3S. The van der Waals surface area contributed by atoms with Gasteiger partial charge in [0.2, 0.25) is 11.8 Å². The molecule has 32 heavy (non-hydrogen) atoms. The van der Waals surface area contributed by atoms with Crippen molar-refractivity contribution in [1.29, 1.82) is 0 Å². The fraction of sp³-hybridized carbons (Fsp3) is 0.217. The molecule has 0 radical (unpaired) electrons. The van der Waals surface area contributed by atoms with E-state index in [1.165, 1.54) is 23.9 Å². The maximum atomic E-state index is 13.6. The van der Waals surface area contributed by atoms with E-state index in [0.29, 0.717) is 16.5 Å². The van der Waals surface area contributed by atoms with Crippen LogP contribution >= 0.6 is 11.8 Å². The topological polar surface area (TPSA) is 104 Å². The molecule has 2 heterocycles. The summed E-state index contributed by atoms with van der Waals surface area (Å²) in [6.07, 6.45) is -0.201.